The molecule has 8 nitrogen and oxygen atoms in total. The third-order valence-corrected chi connectivity index (χ3v) is 6.19. The Morgan fingerprint density at radius 2 is 1.74 bits per heavy atom. The van der Waals surface area contributed by atoms with Crippen LogP contribution in [0.3, 0.4) is 0 Å². The number of benzene rings is 2. The minimum Gasteiger partial charge on any atom is -0.495 e. The van der Waals surface area contributed by atoms with Gasteiger partial charge in [0, 0.05) is 24.6 Å². The summed E-state index contributed by atoms with van der Waals surface area (Å²) in [4.78, 5) is 13.5. The van der Waals surface area contributed by atoms with E-state index in [0.717, 1.165) is 5.69 Å². The van der Waals surface area contributed by atoms with Crippen LogP contribution < -0.4 is 14.2 Å². The molecule has 1 atom stereocenters. The van der Waals surface area contributed by atoms with Crippen molar-refractivity contribution in [3.8, 4) is 34.3 Å². The van der Waals surface area contributed by atoms with Gasteiger partial charge in [-0.2, -0.15) is 5.10 Å². The summed E-state index contributed by atoms with van der Waals surface area (Å²) < 4.78 is 30.6. The van der Waals surface area contributed by atoms with Gasteiger partial charge in [0.2, 0.25) is 5.78 Å². The van der Waals surface area contributed by atoms with E-state index in [0.29, 0.717) is 45.2 Å². The molecule has 9 heteroatoms. The topological polar surface area (TPSA) is 85.0 Å². The number of hydrogen-bond donors (Lipinski definition) is 0. The summed E-state index contributed by atoms with van der Waals surface area (Å²) in [6, 6.07) is 14.3. The molecular formula is C26H25BrN2O6. The van der Waals surface area contributed by atoms with Gasteiger partial charge >= 0.3 is 0 Å². The van der Waals surface area contributed by atoms with E-state index >= 15 is 0 Å². The maximum absolute atomic E-state index is 13.5. The lowest BCUT2D eigenvalue weighted by atomic mass is 10.0. The second kappa shape index (κ2) is 10.8. The SMILES string of the molecule is CCOC(C(=O)c1ccc(-c2cc(OC)c(Br)c(OC)c2)o1)c1ccc(-n2cccn2)c(OC)c1. The van der Waals surface area contributed by atoms with Crippen molar-refractivity contribution in [3.05, 3.63) is 76.7 Å². The molecule has 2 heterocycles. The third kappa shape index (κ3) is 4.96. The Bertz CT molecular complexity index is 1290. The zero-order valence-electron chi connectivity index (χ0n) is 19.8. The average molecular weight is 541 g/mol. The first-order chi connectivity index (χ1) is 17.0. The molecule has 0 bridgehead atoms. The van der Waals surface area contributed by atoms with Crippen molar-refractivity contribution in [1.82, 2.24) is 9.78 Å². The minimum atomic E-state index is -0.867. The fourth-order valence-electron chi connectivity index (χ4n) is 3.71. The molecule has 0 saturated heterocycles. The lowest BCUT2D eigenvalue weighted by Crippen LogP contribution is -2.16. The number of furan rings is 1. The first kappa shape index (κ1) is 24.6. The molecule has 0 amide bonds. The normalized spacial score (nSPS) is 11.8. The Balaban J connectivity index is 1.67. The molecule has 0 aliphatic heterocycles. The standard InChI is InChI=1S/C26H25BrN2O6/c1-5-34-26(16-7-8-18(21(13-16)31-2)29-12-6-11-28-29)25(30)20-10-9-19(35-20)17-14-22(32-3)24(27)23(15-17)33-4/h6-15,26H,5H2,1-4H3. The van der Waals surface area contributed by atoms with Gasteiger partial charge in [0.1, 0.15) is 39.3 Å². The van der Waals surface area contributed by atoms with E-state index in [1.807, 2.05) is 31.3 Å². The molecule has 35 heavy (non-hydrogen) atoms. The Kier molecular flexibility index (Phi) is 7.57. The van der Waals surface area contributed by atoms with Crippen LogP contribution in [0.5, 0.6) is 17.2 Å². The molecule has 1 unspecified atom stereocenters. The van der Waals surface area contributed by atoms with Crippen LogP contribution in [0, 0.1) is 0 Å². The number of methoxy groups -OCH3 is 3. The first-order valence-corrected chi connectivity index (χ1v) is 11.7. The van der Waals surface area contributed by atoms with Gasteiger partial charge in [-0.15, -0.1) is 0 Å². The number of Topliss-reactive ketones (excluding diaryl/α,β-unsaturated/α-hetero) is 1. The fourth-order valence-corrected chi connectivity index (χ4v) is 4.27. The van der Waals surface area contributed by atoms with Crippen molar-refractivity contribution >= 4 is 21.7 Å². The van der Waals surface area contributed by atoms with Crippen molar-refractivity contribution in [3.63, 3.8) is 0 Å². The number of hydrogen-bond acceptors (Lipinski definition) is 7. The zero-order valence-corrected chi connectivity index (χ0v) is 21.4. The van der Waals surface area contributed by atoms with Crippen molar-refractivity contribution in [1.29, 1.82) is 0 Å². The van der Waals surface area contributed by atoms with Gasteiger partial charge < -0.3 is 23.4 Å². The van der Waals surface area contributed by atoms with E-state index in [1.165, 1.54) is 0 Å². The zero-order chi connectivity index (χ0) is 24.9. The molecule has 0 N–H and O–H groups in total. The summed E-state index contributed by atoms with van der Waals surface area (Å²) in [5, 5.41) is 4.25. The lowest BCUT2D eigenvalue weighted by Gasteiger charge is -2.17. The van der Waals surface area contributed by atoms with Crippen LogP contribution in [0.2, 0.25) is 0 Å². The number of carbonyl (C=O) groups excluding carboxylic acids is 1. The third-order valence-electron chi connectivity index (χ3n) is 5.41. The summed E-state index contributed by atoms with van der Waals surface area (Å²) in [7, 11) is 4.71. The van der Waals surface area contributed by atoms with E-state index in [4.69, 9.17) is 23.4 Å². The Labute approximate surface area is 211 Å². The molecule has 0 fully saturated rings. The highest BCUT2D eigenvalue weighted by molar-refractivity contribution is 9.10. The van der Waals surface area contributed by atoms with E-state index < -0.39 is 6.10 Å². The molecule has 0 aliphatic carbocycles. The van der Waals surface area contributed by atoms with E-state index in [9.17, 15) is 4.79 Å². The van der Waals surface area contributed by atoms with Crippen LogP contribution in [0.4, 0.5) is 0 Å². The maximum Gasteiger partial charge on any atom is 0.231 e. The molecule has 0 saturated carbocycles. The van der Waals surface area contributed by atoms with Crippen LogP contribution in [-0.4, -0.2) is 43.5 Å². The van der Waals surface area contributed by atoms with Crippen molar-refractivity contribution in [2.24, 2.45) is 0 Å². The number of carbonyl (C=O) groups is 1. The van der Waals surface area contributed by atoms with Crippen LogP contribution in [0.15, 0.2) is 69.8 Å². The van der Waals surface area contributed by atoms with E-state index in [1.54, 1.807) is 62.5 Å². The lowest BCUT2D eigenvalue weighted by molar-refractivity contribution is 0.0428. The number of nitrogens with zero attached hydrogens (tertiary/aromatic N) is 2. The number of halogens is 1. The first-order valence-electron chi connectivity index (χ1n) is 10.9. The molecule has 2 aromatic carbocycles. The van der Waals surface area contributed by atoms with Gasteiger partial charge in [0.25, 0.3) is 0 Å². The van der Waals surface area contributed by atoms with Crippen molar-refractivity contribution < 1.29 is 28.2 Å². The number of rotatable bonds is 10. The minimum absolute atomic E-state index is 0.175. The summed E-state index contributed by atoms with van der Waals surface area (Å²) in [5.41, 5.74) is 2.11. The van der Waals surface area contributed by atoms with Gasteiger partial charge in [0.05, 0.1) is 21.3 Å². The second-order valence-electron chi connectivity index (χ2n) is 7.44. The molecule has 0 radical (unpaired) electrons. The fraction of sp³-hybridized carbons (Fsp3) is 0.231. The Morgan fingerprint density at radius 3 is 2.34 bits per heavy atom. The number of aromatic nitrogens is 2. The molecule has 4 aromatic rings. The summed E-state index contributed by atoms with van der Waals surface area (Å²) in [6.45, 7) is 2.18. The van der Waals surface area contributed by atoms with Crippen LogP contribution in [0.1, 0.15) is 29.1 Å². The van der Waals surface area contributed by atoms with Gasteiger partial charge in [-0.05, 0) is 70.9 Å². The predicted octanol–water partition coefficient (Wildman–Crippen LogP) is 5.88. The van der Waals surface area contributed by atoms with Crippen LogP contribution in [0.25, 0.3) is 17.0 Å². The van der Waals surface area contributed by atoms with E-state index in [-0.39, 0.29) is 11.5 Å². The monoisotopic (exact) mass is 540 g/mol. The Hall–Kier alpha value is -3.56. The highest BCUT2D eigenvalue weighted by Gasteiger charge is 2.27. The quantitative estimate of drug-likeness (QED) is 0.232. The Morgan fingerprint density at radius 1 is 1.03 bits per heavy atom. The molecule has 4 rings (SSSR count). The van der Waals surface area contributed by atoms with Crippen molar-refractivity contribution in [2.75, 3.05) is 27.9 Å². The highest BCUT2D eigenvalue weighted by atomic mass is 79.9. The van der Waals surface area contributed by atoms with Gasteiger partial charge in [-0.25, -0.2) is 4.68 Å². The summed E-state index contributed by atoms with van der Waals surface area (Å²) >= 11 is 3.46. The maximum atomic E-state index is 13.5. The molecule has 2 aromatic heterocycles. The van der Waals surface area contributed by atoms with Gasteiger partial charge in [0.15, 0.2) is 5.76 Å². The average Bonchev–Trinajstić information content (AvgIpc) is 3.59. The molecule has 0 aliphatic rings. The summed E-state index contributed by atoms with van der Waals surface area (Å²) in [6.07, 6.45) is 2.64. The number of ether oxygens (including phenoxy) is 4. The summed E-state index contributed by atoms with van der Waals surface area (Å²) in [5.74, 6) is 2.11. The molecule has 0 spiro atoms. The van der Waals surface area contributed by atoms with E-state index in [2.05, 4.69) is 21.0 Å². The highest BCUT2D eigenvalue weighted by Crippen LogP contribution is 2.40. The molecule has 182 valence electrons. The predicted molar refractivity (Wildman–Crippen MR) is 134 cm³/mol. The van der Waals surface area contributed by atoms with Gasteiger partial charge in [-0.1, -0.05) is 6.07 Å². The van der Waals surface area contributed by atoms with Crippen LogP contribution in [-0.2, 0) is 4.74 Å². The van der Waals surface area contributed by atoms with Gasteiger partial charge in [-0.3, -0.25) is 4.79 Å². The van der Waals surface area contributed by atoms with Crippen molar-refractivity contribution in [2.45, 2.75) is 13.0 Å². The largest absolute Gasteiger partial charge is 0.495 e. The van der Waals surface area contributed by atoms with Crippen LogP contribution >= 0.6 is 15.9 Å². The second-order valence-corrected chi connectivity index (χ2v) is 8.23. The number of ketones is 1. The molecular weight excluding hydrogens is 516 g/mol. The smallest absolute Gasteiger partial charge is 0.231 e.